The second kappa shape index (κ2) is 7.60. The van der Waals surface area contributed by atoms with Gasteiger partial charge in [0.25, 0.3) is 5.91 Å². The molecule has 2 fully saturated rings. The number of carbonyl (C=O) groups excluding carboxylic acids is 3. The fourth-order valence-electron chi connectivity index (χ4n) is 2.97. The molecule has 0 spiro atoms. The minimum atomic E-state index is -0.498. The van der Waals surface area contributed by atoms with Crippen molar-refractivity contribution in [2.24, 2.45) is 0 Å². The molecule has 2 saturated heterocycles. The molecule has 8 heteroatoms. The van der Waals surface area contributed by atoms with Crippen molar-refractivity contribution in [3.8, 4) is 0 Å². The minimum Gasteiger partial charge on any atom is -0.378 e. The van der Waals surface area contributed by atoms with Gasteiger partial charge in [-0.15, -0.1) is 0 Å². The van der Waals surface area contributed by atoms with E-state index < -0.39 is 11.8 Å². The number of pyridine rings is 1. The molecule has 0 N–H and O–H groups in total. The lowest BCUT2D eigenvalue weighted by Crippen LogP contribution is -2.55. The van der Waals surface area contributed by atoms with E-state index in [1.807, 2.05) is 13.0 Å². The molecular formula is C17H22N4O4. The highest BCUT2D eigenvalue weighted by Gasteiger charge is 2.31. The normalized spacial score (nSPS) is 18.2. The number of hydrogen-bond donors (Lipinski definition) is 0. The third-order valence-corrected chi connectivity index (χ3v) is 4.44. The Kier molecular flexibility index (Phi) is 5.28. The SMILES string of the molecule is Cc1cccc(C(=O)N2CCN(C(=O)C(=O)N3CCOCC3)CC2)n1. The minimum absolute atomic E-state index is 0.143. The number of hydrogen-bond acceptors (Lipinski definition) is 5. The maximum atomic E-state index is 12.5. The average Bonchev–Trinajstić information content (AvgIpc) is 2.67. The Labute approximate surface area is 146 Å². The third kappa shape index (κ3) is 3.96. The zero-order chi connectivity index (χ0) is 17.8. The Morgan fingerprint density at radius 1 is 0.880 bits per heavy atom. The highest BCUT2D eigenvalue weighted by Crippen LogP contribution is 2.09. The van der Waals surface area contributed by atoms with Crippen LogP contribution in [0, 0.1) is 6.92 Å². The van der Waals surface area contributed by atoms with Crippen LogP contribution in [0.1, 0.15) is 16.2 Å². The molecule has 0 aromatic carbocycles. The maximum absolute atomic E-state index is 12.5. The summed E-state index contributed by atoms with van der Waals surface area (Å²) in [6.07, 6.45) is 0. The smallest absolute Gasteiger partial charge is 0.312 e. The number of carbonyl (C=O) groups is 3. The van der Waals surface area contributed by atoms with Gasteiger partial charge in [-0.25, -0.2) is 4.98 Å². The van der Waals surface area contributed by atoms with Crippen LogP contribution in [0.15, 0.2) is 18.2 Å². The molecule has 0 radical (unpaired) electrons. The van der Waals surface area contributed by atoms with Crippen LogP contribution in [0.25, 0.3) is 0 Å². The van der Waals surface area contributed by atoms with Gasteiger partial charge in [-0.05, 0) is 19.1 Å². The first-order chi connectivity index (χ1) is 12.1. The topological polar surface area (TPSA) is 83.1 Å². The van der Waals surface area contributed by atoms with Crippen LogP contribution in [0.4, 0.5) is 0 Å². The van der Waals surface area contributed by atoms with Gasteiger partial charge >= 0.3 is 11.8 Å². The molecule has 0 atom stereocenters. The van der Waals surface area contributed by atoms with Gasteiger partial charge in [0, 0.05) is 45.0 Å². The average molecular weight is 346 g/mol. The lowest BCUT2D eigenvalue weighted by molar-refractivity contribution is -0.154. The monoisotopic (exact) mass is 346 g/mol. The molecule has 2 aliphatic rings. The van der Waals surface area contributed by atoms with Crippen LogP contribution >= 0.6 is 0 Å². The van der Waals surface area contributed by atoms with E-state index in [1.165, 1.54) is 9.80 Å². The summed E-state index contributed by atoms with van der Waals surface area (Å²) >= 11 is 0. The Morgan fingerprint density at radius 2 is 1.44 bits per heavy atom. The fraction of sp³-hybridized carbons (Fsp3) is 0.529. The summed E-state index contributed by atoms with van der Waals surface area (Å²) in [4.78, 5) is 46.1. The standard InChI is InChI=1S/C17H22N4O4/c1-13-3-2-4-14(18-13)15(22)19-5-7-20(8-6-19)16(23)17(24)21-9-11-25-12-10-21/h2-4H,5-12H2,1H3. The molecule has 25 heavy (non-hydrogen) atoms. The molecule has 3 rings (SSSR count). The lowest BCUT2D eigenvalue weighted by Gasteiger charge is -2.35. The lowest BCUT2D eigenvalue weighted by atomic mass is 10.2. The number of aryl methyl sites for hydroxylation is 1. The van der Waals surface area contributed by atoms with Gasteiger partial charge in [-0.1, -0.05) is 6.07 Å². The van der Waals surface area contributed by atoms with Crippen LogP contribution in [0.2, 0.25) is 0 Å². The van der Waals surface area contributed by atoms with E-state index in [2.05, 4.69) is 4.98 Å². The summed E-state index contributed by atoms with van der Waals surface area (Å²) < 4.78 is 5.20. The molecule has 0 unspecified atom stereocenters. The molecule has 8 nitrogen and oxygen atoms in total. The number of ether oxygens (including phenoxy) is 1. The van der Waals surface area contributed by atoms with Gasteiger partial charge in [0.2, 0.25) is 0 Å². The molecule has 3 heterocycles. The Bertz CT molecular complexity index is 664. The van der Waals surface area contributed by atoms with Gasteiger partial charge in [-0.3, -0.25) is 14.4 Å². The van der Waals surface area contributed by atoms with Crippen LogP contribution in [-0.4, -0.2) is 89.9 Å². The van der Waals surface area contributed by atoms with E-state index >= 15 is 0 Å². The summed E-state index contributed by atoms with van der Waals surface area (Å²) in [5.74, 6) is -1.12. The van der Waals surface area contributed by atoms with E-state index in [-0.39, 0.29) is 5.91 Å². The maximum Gasteiger partial charge on any atom is 0.312 e. The van der Waals surface area contributed by atoms with Crippen LogP contribution < -0.4 is 0 Å². The van der Waals surface area contributed by atoms with Crippen molar-refractivity contribution in [3.05, 3.63) is 29.6 Å². The number of nitrogens with zero attached hydrogens (tertiary/aromatic N) is 4. The van der Waals surface area contributed by atoms with Gasteiger partial charge in [-0.2, -0.15) is 0 Å². The summed E-state index contributed by atoms with van der Waals surface area (Å²) in [6.45, 7) is 5.16. The number of morpholine rings is 1. The van der Waals surface area contributed by atoms with Crippen molar-refractivity contribution < 1.29 is 19.1 Å². The summed E-state index contributed by atoms with van der Waals surface area (Å²) in [5, 5.41) is 0. The molecule has 0 bridgehead atoms. The van der Waals surface area contributed by atoms with Crippen LogP contribution in [-0.2, 0) is 14.3 Å². The molecule has 1 aromatic rings. The van der Waals surface area contributed by atoms with Gasteiger partial charge < -0.3 is 19.4 Å². The van der Waals surface area contributed by atoms with Gasteiger partial charge in [0.05, 0.1) is 13.2 Å². The predicted octanol–water partition coefficient (Wildman–Crippen LogP) is -0.467. The second-order valence-corrected chi connectivity index (χ2v) is 6.15. The molecule has 0 aliphatic carbocycles. The van der Waals surface area contributed by atoms with Crippen molar-refractivity contribution in [2.45, 2.75) is 6.92 Å². The molecule has 0 saturated carbocycles. The highest BCUT2D eigenvalue weighted by atomic mass is 16.5. The molecule has 1 aromatic heterocycles. The molecular weight excluding hydrogens is 324 g/mol. The quantitative estimate of drug-likeness (QED) is 0.642. The third-order valence-electron chi connectivity index (χ3n) is 4.44. The first-order valence-electron chi connectivity index (χ1n) is 8.45. The van der Waals surface area contributed by atoms with Crippen LogP contribution in [0.3, 0.4) is 0 Å². The van der Waals surface area contributed by atoms with Gasteiger partial charge in [0.1, 0.15) is 5.69 Å². The van der Waals surface area contributed by atoms with E-state index in [4.69, 9.17) is 4.74 Å². The highest BCUT2D eigenvalue weighted by molar-refractivity contribution is 6.34. The Hall–Kier alpha value is -2.48. The van der Waals surface area contributed by atoms with E-state index in [9.17, 15) is 14.4 Å². The molecule has 3 amide bonds. The number of rotatable bonds is 1. The van der Waals surface area contributed by atoms with E-state index in [0.29, 0.717) is 58.2 Å². The zero-order valence-electron chi connectivity index (χ0n) is 14.3. The van der Waals surface area contributed by atoms with Crippen molar-refractivity contribution >= 4 is 17.7 Å². The largest absolute Gasteiger partial charge is 0.378 e. The van der Waals surface area contributed by atoms with Crippen LogP contribution in [0.5, 0.6) is 0 Å². The summed E-state index contributed by atoms with van der Waals surface area (Å²) in [6, 6.07) is 5.33. The van der Waals surface area contributed by atoms with Crippen molar-refractivity contribution in [1.29, 1.82) is 0 Å². The number of amides is 3. The first-order valence-corrected chi connectivity index (χ1v) is 8.45. The van der Waals surface area contributed by atoms with Crippen molar-refractivity contribution in [1.82, 2.24) is 19.7 Å². The summed E-state index contributed by atoms with van der Waals surface area (Å²) in [5.41, 5.74) is 1.19. The van der Waals surface area contributed by atoms with Gasteiger partial charge in [0.15, 0.2) is 0 Å². The van der Waals surface area contributed by atoms with E-state index in [0.717, 1.165) is 5.69 Å². The fourth-order valence-corrected chi connectivity index (χ4v) is 2.97. The predicted molar refractivity (Wildman–Crippen MR) is 88.9 cm³/mol. The van der Waals surface area contributed by atoms with Crippen molar-refractivity contribution in [3.63, 3.8) is 0 Å². The first kappa shape index (κ1) is 17.3. The number of aromatic nitrogens is 1. The Morgan fingerprint density at radius 3 is 2.04 bits per heavy atom. The summed E-state index contributed by atoms with van der Waals surface area (Å²) in [7, 11) is 0. The Balaban J connectivity index is 1.55. The van der Waals surface area contributed by atoms with E-state index in [1.54, 1.807) is 17.0 Å². The zero-order valence-corrected chi connectivity index (χ0v) is 14.3. The van der Waals surface area contributed by atoms with Crippen molar-refractivity contribution in [2.75, 3.05) is 52.5 Å². The molecule has 134 valence electrons. The number of piperazine rings is 1. The second-order valence-electron chi connectivity index (χ2n) is 6.15. The molecule has 2 aliphatic heterocycles.